The molecule has 1 atom stereocenters. The SMILES string of the molecule is CCOC(=O)C1(C2(O)CC(c3ccc(O[Si](C(C)C)(C(C)C)C(C)C)cc3)=NO2)CC1.CCOC(=O)C1(c2cc(-c3ccc(O[Si](C(C)C)(C(C)C)C(C)C)cc3)no2)CC1. The Bertz CT molecular complexity index is 1940. The zero-order valence-corrected chi connectivity index (χ0v) is 41.2. The number of oxime groups is 1. The number of esters is 2. The van der Waals surface area contributed by atoms with Gasteiger partial charge in [-0.25, -0.2) is 0 Å². The summed E-state index contributed by atoms with van der Waals surface area (Å²) in [4.78, 5) is 30.1. The first kappa shape index (κ1) is 48.1. The van der Waals surface area contributed by atoms with Gasteiger partial charge < -0.3 is 32.8 Å². The Balaban J connectivity index is 0.000000231. The number of ether oxygens (including phenoxy) is 2. The zero-order chi connectivity index (χ0) is 45.1. The molecule has 61 heavy (non-hydrogen) atoms. The largest absolute Gasteiger partial charge is 0.543 e. The van der Waals surface area contributed by atoms with Crippen molar-refractivity contribution in [3.8, 4) is 22.8 Å². The van der Waals surface area contributed by atoms with Crippen LogP contribution in [-0.2, 0) is 29.3 Å². The van der Waals surface area contributed by atoms with Crippen molar-refractivity contribution in [2.45, 2.75) is 173 Å². The van der Waals surface area contributed by atoms with Gasteiger partial charge in [-0.05, 0) is 127 Å². The normalized spacial score (nSPS) is 19.1. The maximum absolute atomic E-state index is 12.4. The predicted molar refractivity (Wildman–Crippen MR) is 245 cm³/mol. The molecule has 0 bridgehead atoms. The second kappa shape index (κ2) is 18.8. The monoisotopic (exact) mass is 876 g/mol. The van der Waals surface area contributed by atoms with E-state index in [2.05, 4.69) is 93.4 Å². The van der Waals surface area contributed by atoms with Gasteiger partial charge in [-0.15, -0.1) is 0 Å². The molecule has 0 saturated heterocycles. The average molecular weight is 877 g/mol. The lowest BCUT2D eigenvalue weighted by atomic mass is 9.89. The summed E-state index contributed by atoms with van der Waals surface area (Å²) in [6, 6.07) is 17.8. The van der Waals surface area contributed by atoms with Crippen LogP contribution in [-0.4, -0.2) is 63.5 Å². The molecular formula is C48H72N2O9Si2. The van der Waals surface area contributed by atoms with E-state index in [0.717, 1.165) is 41.2 Å². The molecule has 2 aliphatic carbocycles. The lowest BCUT2D eigenvalue weighted by Gasteiger charge is -2.42. The zero-order valence-electron chi connectivity index (χ0n) is 39.2. The maximum Gasteiger partial charge on any atom is 0.319 e. The molecule has 2 saturated carbocycles. The van der Waals surface area contributed by atoms with Gasteiger partial charge in [0.1, 0.15) is 28.0 Å². The maximum atomic E-state index is 12.4. The quantitative estimate of drug-likeness (QED) is 0.0970. The van der Waals surface area contributed by atoms with E-state index in [1.54, 1.807) is 6.92 Å². The number of carbonyl (C=O) groups excluding carboxylic acids is 2. The van der Waals surface area contributed by atoms with E-state index in [0.29, 0.717) is 64.2 Å². The van der Waals surface area contributed by atoms with E-state index in [1.807, 2.05) is 61.5 Å². The third-order valence-corrected chi connectivity index (χ3v) is 25.6. The van der Waals surface area contributed by atoms with Crippen LogP contribution in [0.1, 0.15) is 140 Å². The molecular weight excluding hydrogens is 805 g/mol. The molecule has 0 amide bonds. The molecule has 2 heterocycles. The summed E-state index contributed by atoms with van der Waals surface area (Å²) in [5, 5.41) is 19.4. The van der Waals surface area contributed by atoms with Crippen molar-refractivity contribution in [3.05, 3.63) is 65.9 Å². The van der Waals surface area contributed by atoms with Crippen molar-refractivity contribution in [3.63, 3.8) is 0 Å². The van der Waals surface area contributed by atoms with E-state index < -0.39 is 39.2 Å². The number of hydrogen-bond acceptors (Lipinski definition) is 11. The van der Waals surface area contributed by atoms with Crippen molar-refractivity contribution in [2.75, 3.05) is 13.2 Å². The minimum Gasteiger partial charge on any atom is -0.543 e. The smallest absolute Gasteiger partial charge is 0.319 e. The minimum atomic E-state index is -2.02. The van der Waals surface area contributed by atoms with Crippen LogP contribution >= 0.6 is 0 Å². The second-order valence-corrected chi connectivity index (χ2v) is 29.9. The Morgan fingerprint density at radius 2 is 1.08 bits per heavy atom. The second-order valence-electron chi connectivity index (χ2n) is 19.2. The molecule has 3 aromatic rings. The number of benzene rings is 2. The van der Waals surface area contributed by atoms with E-state index in [-0.39, 0.29) is 19.0 Å². The lowest BCUT2D eigenvalue weighted by Crippen LogP contribution is -2.50. The molecule has 13 heteroatoms. The van der Waals surface area contributed by atoms with Gasteiger partial charge in [0.05, 0.1) is 25.3 Å². The summed E-state index contributed by atoms with van der Waals surface area (Å²) in [6.45, 7) is 31.5. The molecule has 2 fully saturated rings. The highest BCUT2D eigenvalue weighted by atomic mass is 28.4. The fourth-order valence-electron chi connectivity index (χ4n) is 10.1. The standard InChI is InChI=1S/C24H37NO5Si.C24H35NO4Si/c1-8-28-22(26)23(13-14-23)24(27)15-21(25-30-24)19-9-11-20(12-10-19)29-31(16(2)3,17(4)5)18(6)7;1-8-27-23(26)24(13-14-24)22-15-21(25-28-22)19-9-11-20(12-10-19)29-30(16(2)3,17(4)5)18(6)7/h9-12,16-18,27H,8,13-15H2,1-7H3;9-12,15-18H,8,13-14H2,1-7H3. The molecule has 3 aliphatic rings. The van der Waals surface area contributed by atoms with Gasteiger partial charge in [0.25, 0.3) is 22.4 Å². The summed E-state index contributed by atoms with van der Waals surface area (Å²) in [5.41, 5.74) is 4.56. The molecule has 1 aliphatic heterocycles. The van der Waals surface area contributed by atoms with Gasteiger partial charge >= 0.3 is 11.9 Å². The average Bonchev–Trinajstić information content (AvgIpc) is 4.11. The van der Waals surface area contributed by atoms with E-state index in [1.165, 1.54) is 0 Å². The van der Waals surface area contributed by atoms with Crippen LogP contribution in [0.5, 0.6) is 11.5 Å². The first-order chi connectivity index (χ1) is 28.7. The predicted octanol–water partition coefficient (Wildman–Crippen LogP) is 11.9. The summed E-state index contributed by atoms with van der Waals surface area (Å²) >= 11 is 0. The van der Waals surface area contributed by atoms with Crippen molar-refractivity contribution in [2.24, 2.45) is 10.6 Å². The molecule has 6 rings (SSSR count). The van der Waals surface area contributed by atoms with E-state index in [4.69, 9.17) is 27.7 Å². The first-order valence-corrected chi connectivity index (χ1v) is 26.9. The fourth-order valence-corrected chi connectivity index (χ4v) is 20.6. The van der Waals surface area contributed by atoms with Crippen LogP contribution in [0.3, 0.4) is 0 Å². The Kier molecular flexibility index (Phi) is 14.8. The summed E-state index contributed by atoms with van der Waals surface area (Å²) in [5.74, 6) is 0.117. The Hall–Kier alpha value is -3.95. The van der Waals surface area contributed by atoms with Gasteiger partial charge in [0.2, 0.25) is 0 Å². The minimum absolute atomic E-state index is 0.161. The molecule has 1 unspecified atom stereocenters. The highest BCUT2D eigenvalue weighted by Crippen LogP contribution is 2.58. The fraction of sp³-hybridized carbons (Fsp3) is 0.625. The molecule has 1 aromatic heterocycles. The Morgan fingerprint density at radius 3 is 1.48 bits per heavy atom. The van der Waals surface area contributed by atoms with Gasteiger partial charge in [0, 0.05) is 11.6 Å². The molecule has 1 N–H and O–H groups in total. The Morgan fingerprint density at radius 1 is 0.656 bits per heavy atom. The topological polar surface area (TPSA) is 139 Å². The van der Waals surface area contributed by atoms with Crippen LogP contribution in [0.4, 0.5) is 0 Å². The number of nitrogens with zero attached hydrogens (tertiary/aromatic N) is 2. The van der Waals surface area contributed by atoms with Crippen molar-refractivity contribution in [1.29, 1.82) is 0 Å². The summed E-state index contributed by atoms with van der Waals surface area (Å²) in [7, 11) is -4.01. The van der Waals surface area contributed by atoms with Crippen LogP contribution in [0, 0.1) is 5.41 Å². The molecule has 11 nitrogen and oxygen atoms in total. The number of hydrogen-bond donors (Lipinski definition) is 1. The number of carbonyl (C=O) groups is 2. The number of rotatable bonds is 18. The van der Waals surface area contributed by atoms with Crippen LogP contribution in [0.2, 0.25) is 33.2 Å². The molecule has 0 spiro atoms. The number of aliphatic hydroxyl groups is 1. The first-order valence-electron chi connectivity index (χ1n) is 22.6. The highest BCUT2D eigenvalue weighted by Gasteiger charge is 2.69. The van der Waals surface area contributed by atoms with Crippen LogP contribution in [0.15, 0.2) is 64.3 Å². The van der Waals surface area contributed by atoms with Crippen LogP contribution in [0.25, 0.3) is 11.3 Å². The summed E-state index contributed by atoms with van der Waals surface area (Å²) < 4.78 is 29.4. The van der Waals surface area contributed by atoms with Gasteiger partial charge in [0.15, 0.2) is 5.76 Å². The number of aromatic nitrogens is 1. The van der Waals surface area contributed by atoms with E-state index in [9.17, 15) is 14.7 Å². The van der Waals surface area contributed by atoms with Crippen molar-refractivity contribution in [1.82, 2.24) is 5.16 Å². The highest BCUT2D eigenvalue weighted by molar-refractivity contribution is 6.78. The van der Waals surface area contributed by atoms with Gasteiger partial charge in [-0.1, -0.05) is 93.4 Å². The van der Waals surface area contributed by atoms with Crippen molar-refractivity contribution >= 4 is 34.3 Å². The van der Waals surface area contributed by atoms with E-state index >= 15 is 0 Å². The summed E-state index contributed by atoms with van der Waals surface area (Å²) in [6.07, 6.45) is 2.75. The molecule has 0 radical (unpaired) electrons. The van der Waals surface area contributed by atoms with Crippen molar-refractivity contribution < 1.29 is 42.4 Å². The molecule has 336 valence electrons. The van der Waals surface area contributed by atoms with Crippen LogP contribution < -0.4 is 8.85 Å². The molecule has 2 aromatic carbocycles. The van der Waals surface area contributed by atoms with Gasteiger partial charge in [-0.2, -0.15) is 0 Å². The third kappa shape index (κ3) is 9.25. The van der Waals surface area contributed by atoms with Gasteiger partial charge in [-0.3, -0.25) is 9.59 Å². The lowest BCUT2D eigenvalue weighted by molar-refractivity contribution is -0.236. The Labute approximate surface area is 366 Å². The third-order valence-electron chi connectivity index (χ3n) is 13.6.